The van der Waals surface area contributed by atoms with E-state index in [0.29, 0.717) is 6.04 Å². The number of benzene rings is 1. The summed E-state index contributed by atoms with van der Waals surface area (Å²) in [4.78, 5) is 9.22. The second-order valence-electron chi connectivity index (χ2n) is 6.35. The molecule has 6 heteroatoms. The van der Waals surface area contributed by atoms with Crippen LogP contribution in [0.25, 0.3) is 0 Å². The van der Waals surface area contributed by atoms with Gasteiger partial charge in [-0.15, -0.1) is 0 Å². The van der Waals surface area contributed by atoms with Crippen LogP contribution in [0.3, 0.4) is 0 Å². The van der Waals surface area contributed by atoms with E-state index in [4.69, 9.17) is 4.74 Å². The highest BCUT2D eigenvalue weighted by Gasteiger charge is 2.18. The number of piperazine rings is 1. The van der Waals surface area contributed by atoms with E-state index in [0.717, 1.165) is 51.0 Å². The average Bonchev–Trinajstić information content (AvgIpc) is 2.62. The number of likely N-dealkylation sites (N-methyl/N-ethyl adjacent to an activating group) is 1. The molecule has 24 heavy (non-hydrogen) atoms. The molecule has 0 bridgehead atoms. The number of nitrogens with zero attached hydrogens (tertiary/aromatic N) is 3. The minimum absolute atomic E-state index is 0.495. The number of methoxy groups -OCH3 is 1. The van der Waals surface area contributed by atoms with Crippen molar-refractivity contribution in [2.75, 3.05) is 53.9 Å². The third-order valence-electron chi connectivity index (χ3n) is 4.54. The highest BCUT2D eigenvalue weighted by molar-refractivity contribution is 5.79. The summed E-state index contributed by atoms with van der Waals surface area (Å²) in [6, 6.07) is 8.56. The Bertz CT molecular complexity index is 526. The fourth-order valence-electron chi connectivity index (χ4n) is 2.82. The molecule has 1 aromatic rings. The lowest BCUT2D eigenvalue weighted by atomic mass is 10.2. The first-order chi connectivity index (χ1) is 11.6. The smallest absolute Gasteiger partial charge is 0.191 e. The van der Waals surface area contributed by atoms with Crippen molar-refractivity contribution in [3.05, 3.63) is 29.8 Å². The number of hydrogen-bond donors (Lipinski definition) is 2. The molecule has 0 aromatic heterocycles. The predicted octanol–water partition coefficient (Wildman–Crippen LogP) is 0.996. The number of rotatable bonds is 6. The summed E-state index contributed by atoms with van der Waals surface area (Å²) in [5.74, 6) is 1.71. The van der Waals surface area contributed by atoms with Crippen LogP contribution in [0, 0.1) is 0 Å². The van der Waals surface area contributed by atoms with Crippen molar-refractivity contribution in [2.45, 2.75) is 19.5 Å². The topological polar surface area (TPSA) is 52.1 Å². The van der Waals surface area contributed by atoms with Crippen LogP contribution in [-0.2, 0) is 6.54 Å². The van der Waals surface area contributed by atoms with E-state index in [9.17, 15) is 0 Å². The maximum Gasteiger partial charge on any atom is 0.191 e. The van der Waals surface area contributed by atoms with Crippen molar-refractivity contribution in [1.29, 1.82) is 0 Å². The molecule has 0 radical (unpaired) electrons. The molecular formula is C18H31N5O. The zero-order valence-corrected chi connectivity index (χ0v) is 15.4. The molecule has 1 heterocycles. The highest BCUT2D eigenvalue weighted by Crippen LogP contribution is 2.12. The van der Waals surface area contributed by atoms with Crippen molar-refractivity contribution in [3.8, 4) is 5.75 Å². The minimum Gasteiger partial charge on any atom is -0.497 e. The molecule has 1 atom stereocenters. The highest BCUT2D eigenvalue weighted by atomic mass is 16.5. The van der Waals surface area contributed by atoms with Crippen LogP contribution in [0.5, 0.6) is 5.75 Å². The fourth-order valence-corrected chi connectivity index (χ4v) is 2.82. The standard InChI is InChI=1S/C18H31N5O/c1-15(23-10-8-22(3)9-11-23)13-20-18(19-2)21-14-16-6-5-7-17(12-16)24-4/h5-7,12,15H,8-11,13-14H2,1-4H3,(H2,19,20,21). The van der Waals surface area contributed by atoms with Gasteiger partial charge < -0.3 is 20.3 Å². The van der Waals surface area contributed by atoms with Gasteiger partial charge in [0.05, 0.1) is 7.11 Å². The molecule has 1 fully saturated rings. The molecule has 0 spiro atoms. The average molecular weight is 333 g/mol. The summed E-state index contributed by atoms with van der Waals surface area (Å²) in [7, 11) is 5.68. The van der Waals surface area contributed by atoms with Crippen LogP contribution in [0.1, 0.15) is 12.5 Å². The van der Waals surface area contributed by atoms with Crippen LogP contribution in [0.2, 0.25) is 0 Å². The van der Waals surface area contributed by atoms with Crippen LogP contribution in [0.15, 0.2) is 29.3 Å². The predicted molar refractivity (Wildman–Crippen MR) is 99.7 cm³/mol. The van der Waals surface area contributed by atoms with Crippen LogP contribution < -0.4 is 15.4 Å². The van der Waals surface area contributed by atoms with Gasteiger partial charge in [-0.25, -0.2) is 0 Å². The van der Waals surface area contributed by atoms with Crippen molar-refractivity contribution >= 4 is 5.96 Å². The summed E-state index contributed by atoms with van der Waals surface area (Å²) < 4.78 is 5.26. The summed E-state index contributed by atoms with van der Waals surface area (Å²) in [5.41, 5.74) is 1.17. The Morgan fingerprint density at radius 2 is 2.00 bits per heavy atom. The molecule has 6 nitrogen and oxygen atoms in total. The lowest BCUT2D eigenvalue weighted by Crippen LogP contribution is -2.52. The molecule has 1 saturated heterocycles. The van der Waals surface area contributed by atoms with Crippen molar-refractivity contribution in [3.63, 3.8) is 0 Å². The molecule has 0 saturated carbocycles. The van der Waals surface area contributed by atoms with E-state index in [1.165, 1.54) is 5.56 Å². The quantitative estimate of drug-likeness (QED) is 0.601. The summed E-state index contributed by atoms with van der Waals surface area (Å²) >= 11 is 0. The van der Waals surface area contributed by atoms with E-state index >= 15 is 0 Å². The molecule has 0 amide bonds. The van der Waals surface area contributed by atoms with Gasteiger partial charge in [-0.1, -0.05) is 12.1 Å². The van der Waals surface area contributed by atoms with Gasteiger partial charge >= 0.3 is 0 Å². The Morgan fingerprint density at radius 3 is 2.67 bits per heavy atom. The van der Waals surface area contributed by atoms with Crippen molar-refractivity contribution in [1.82, 2.24) is 20.4 Å². The van der Waals surface area contributed by atoms with Gasteiger partial charge in [0, 0.05) is 52.4 Å². The van der Waals surface area contributed by atoms with Gasteiger partial charge in [0.25, 0.3) is 0 Å². The zero-order chi connectivity index (χ0) is 17.4. The largest absolute Gasteiger partial charge is 0.497 e. The molecule has 1 unspecified atom stereocenters. The fraction of sp³-hybridized carbons (Fsp3) is 0.611. The lowest BCUT2D eigenvalue weighted by Gasteiger charge is -2.36. The van der Waals surface area contributed by atoms with Crippen LogP contribution >= 0.6 is 0 Å². The Hall–Kier alpha value is -1.79. The van der Waals surface area contributed by atoms with Gasteiger partial charge in [-0.3, -0.25) is 9.89 Å². The lowest BCUT2D eigenvalue weighted by molar-refractivity contribution is 0.120. The second-order valence-corrected chi connectivity index (χ2v) is 6.35. The maximum atomic E-state index is 5.26. The second kappa shape index (κ2) is 9.49. The number of hydrogen-bond acceptors (Lipinski definition) is 4. The summed E-state index contributed by atoms with van der Waals surface area (Å²) in [6.45, 7) is 8.44. The van der Waals surface area contributed by atoms with Gasteiger partial charge in [0.2, 0.25) is 0 Å². The van der Waals surface area contributed by atoms with Gasteiger partial charge in [0.15, 0.2) is 5.96 Å². The summed E-state index contributed by atoms with van der Waals surface area (Å²) in [5, 5.41) is 6.79. The van der Waals surface area contributed by atoms with Gasteiger partial charge in [-0.05, 0) is 31.7 Å². The molecular weight excluding hydrogens is 302 g/mol. The molecule has 0 aliphatic carbocycles. The Morgan fingerprint density at radius 1 is 1.25 bits per heavy atom. The van der Waals surface area contributed by atoms with Crippen LogP contribution in [0.4, 0.5) is 0 Å². The van der Waals surface area contributed by atoms with E-state index in [-0.39, 0.29) is 0 Å². The molecule has 1 aromatic carbocycles. The van der Waals surface area contributed by atoms with E-state index in [1.54, 1.807) is 14.2 Å². The third kappa shape index (κ3) is 5.69. The van der Waals surface area contributed by atoms with Crippen LogP contribution in [-0.4, -0.2) is 75.7 Å². The van der Waals surface area contributed by atoms with Crippen molar-refractivity contribution < 1.29 is 4.74 Å². The Kier molecular flexibility index (Phi) is 7.34. The number of aliphatic imine (C=N–C) groups is 1. The molecule has 1 aliphatic heterocycles. The SMILES string of the molecule is CN=C(NCc1cccc(OC)c1)NCC(C)N1CCN(C)CC1. The normalized spacial score (nSPS) is 18.2. The molecule has 2 rings (SSSR count). The van der Waals surface area contributed by atoms with E-state index < -0.39 is 0 Å². The number of nitrogens with one attached hydrogen (secondary N) is 2. The molecule has 134 valence electrons. The molecule has 2 N–H and O–H groups in total. The van der Waals surface area contributed by atoms with Crippen molar-refractivity contribution in [2.24, 2.45) is 4.99 Å². The van der Waals surface area contributed by atoms with Gasteiger partial charge in [0.1, 0.15) is 5.75 Å². The van der Waals surface area contributed by atoms with E-state index in [1.807, 2.05) is 18.2 Å². The Labute approximate surface area is 145 Å². The monoisotopic (exact) mass is 333 g/mol. The maximum absolute atomic E-state index is 5.26. The first-order valence-corrected chi connectivity index (χ1v) is 8.62. The van der Waals surface area contributed by atoms with E-state index in [2.05, 4.69) is 45.5 Å². The summed E-state index contributed by atoms with van der Waals surface area (Å²) in [6.07, 6.45) is 0. The molecule has 1 aliphatic rings. The number of ether oxygens (including phenoxy) is 1. The first-order valence-electron chi connectivity index (χ1n) is 8.62. The Balaban J connectivity index is 1.75. The van der Waals surface area contributed by atoms with Gasteiger partial charge in [-0.2, -0.15) is 0 Å². The zero-order valence-electron chi connectivity index (χ0n) is 15.4. The first kappa shape index (κ1) is 18.5. The minimum atomic E-state index is 0.495. The third-order valence-corrected chi connectivity index (χ3v) is 4.54. The number of guanidine groups is 1.